The van der Waals surface area contributed by atoms with E-state index in [1.54, 1.807) is 74.8 Å². The molecular formula is C36H38N2O6S. The van der Waals surface area contributed by atoms with Crippen molar-refractivity contribution in [2.75, 3.05) is 34.3 Å². The Morgan fingerprint density at radius 1 is 0.911 bits per heavy atom. The van der Waals surface area contributed by atoms with Crippen molar-refractivity contribution in [1.29, 1.82) is 0 Å². The summed E-state index contributed by atoms with van der Waals surface area (Å²) in [6.45, 7) is 4.96. The molecule has 2 amide bonds. The second-order valence-corrected chi connectivity index (χ2v) is 13.6. The van der Waals surface area contributed by atoms with E-state index in [4.69, 9.17) is 9.47 Å². The van der Waals surface area contributed by atoms with Gasteiger partial charge in [-0.05, 0) is 78.6 Å². The molecule has 1 heterocycles. The summed E-state index contributed by atoms with van der Waals surface area (Å²) in [6, 6.07) is 25.0. The van der Waals surface area contributed by atoms with Gasteiger partial charge in [0.05, 0.1) is 19.4 Å². The van der Waals surface area contributed by atoms with E-state index < -0.39 is 9.84 Å². The molecule has 1 aliphatic heterocycles. The maximum Gasteiger partial charge on any atom is 0.254 e. The van der Waals surface area contributed by atoms with Crippen molar-refractivity contribution in [2.24, 2.45) is 0 Å². The fourth-order valence-corrected chi connectivity index (χ4v) is 7.07. The molecule has 1 fully saturated rings. The van der Waals surface area contributed by atoms with E-state index in [1.165, 1.54) is 12.0 Å². The van der Waals surface area contributed by atoms with Gasteiger partial charge < -0.3 is 19.3 Å². The molecule has 0 unspecified atom stereocenters. The van der Waals surface area contributed by atoms with Gasteiger partial charge in [0.15, 0.2) is 9.84 Å². The molecule has 1 atom stereocenters. The molecule has 234 valence electrons. The SMILES string of the molecule is COc1ccc(-c2cccc(C(=O)N(C)C)c2)cc1S(=O)(=O)Cc1cccc(O[C@H]2CCN(C(=O)c3cc(C)ccc3C)C2)c1. The molecule has 0 radical (unpaired) electrons. The average molecular weight is 627 g/mol. The summed E-state index contributed by atoms with van der Waals surface area (Å²) >= 11 is 0. The van der Waals surface area contributed by atoms with Gasteiger partial charge in [-0.3, -0.25) is 9.59 Å². The smallest absolute Gasteiger partial charge is 0.254 e. The van der Waals surface area contributed by atoms with E-state index in [9.17, 15) is 18.0 Å². The van der Waals surface area contributed by atoms with Crippen molar-refractivity contribution >= 4 is 21.7 Å². The number of ether oxygens (including phenoxy) is 2. The molecule has 1 saturated heterocycles. The number of hydrogen-bond acceptors (Lipinski definition) is 6. The number of amides is 2. The van der Waals surface area contributed by atoms with Crippen LogP contribution in [-0.4, -0.2) is 70.4 Å². The summed E-state index contributed by atoms with van der Waals surface area (Å²) in [5.41, 5.74) is 5.14. The summed E-state index contributed by atoms with van der Waals surface area (Å²) < 4.78 is 39.2. The second-order valence-electron chi connectivity index (χ2n) is 11.7. The lowest BCUT2D eigenvalue weighted by Crippen LogP contribution is -2.31. The maximum absolute atomic E-state index is 13.8. The number of methoxy groups -OCH3 is 1. The maximum atomic E-state index is 13.8. The number of sulfone groups is 1. The van der Waals surface area contributed by atoms with Gasteiger partial charge in [-0.15, -0.1) is 0 Å². The van der Waals surface area contributed by atoms with Crippen LogP contribution in [0.3, 0.4) is 0 Å². The highest BCUT2D eigenvalue weighted by Crippen LogP contribution is 2.33. The van der Waals surface area contributed by atoms with Crippen LogP contribution in [0.4, 0.5) is 0 Å². The number of carbonyl (C=O) groups is 2. The summed E-state index contributed by atoms with van der Waals surface area (Å²) in [5.74, 6) is 0.390. The minimum absolute atomic E-state index is 0.00523. The van der Waals surface area contributed by atoms with Gasteiger partial charge in [0.25, 0.3) is 11.8 Å². The highest BCUT2D eigenvalue weighted by Gasteiger charge is 2.29. The highest BCUT2D eigenvalue weighted by atomic mass is 32.2. The lowest BCUT2D eigenvalue weighted by atomic mass is 10.0. The molecular weight excluding hydrogens is 588 g/mol. The van der Waals surface area contributed by atoms with Crippen LogP contribution in [0.5, 0.6) is 11.5 Å². The van der Waals surface area contributed by atoms with Gasteiger partial charge in [0.2, 0.25) is 0 Å². The minimum atomic E-state index is -3.84. The fourth-order valence-electron chi connectivity index (χ4n) is 5.53. The van der Waals surface area contributed by atoms with E-state index >= 15 is 0 Å². The van der Waals surface area contributed by atoms with Crippen LogP contribution in [0.2, 0.25) is 0 Å². The molecule has 9 heteroatoms. The Morgan fingerprint density at radius 2 is 1.67 bits per heavy atom. The zero-order chi connectivity index (χ0) is 32.3. The van der Waals surface area contributed by atoms with Crippen LogP contribution in [0, 0.1) is 13.8 Å². The third-order valence-electron chi connectivity index (χ3n) is 7.96. The standard InChI is InChI=1S/C36H38N2O6S/c1-24-12-13-25(2)32(18-24)36(40)38-17-16-31(22-38)44-30-11-6-8-26(19-30)23-45(41,42)34-21-28(14-15-33(34)43-5)27-9-7-10-29(20-27)35(39)37(3)4/h6-15,18-21,31H,16-17,22-23H2,1-5H3/t31-/m0/s1. The average Bonchev–Trinajstić information content (AvgIpc) is 3.49. The first-order valence-electron chi connectivity index (χ1n) is 14.8. The number of benzene rings is 4. The van der Waals surface area contributed by atoms with Gasteiger partial charge >= 0.3 is 0 Å². The topological polar surface area (TPSA) is 93.2 Å². The third kappa shape index (κ3) is 7.20. The minimum Gasteiger partial charge on any atom is -0.495 e. The zero-order valence-corrected chi connectivity index (χ0v) is 27.1. The van der Waals surface area contributed by atoms with Crippen LogP contribution < -0.4 is 9.47 Å². The number of aryl methyl sites for hydroxylation is 2. The molecule has 5 rings (SSSR count). The first kappa shape index (κ1) is 31.8. The second kappa shape index (κ2) is 13.2. The van der Waals surface area contributed by atoms with Crippen molar-refractivity contribution in [2.45, 2.75) is 37.0 Å². The van der Waals surface area contributed by atoms with E-state index in [2.05, 4.69) is 0 Å². The molecule has 0 bridgehead atoms. The van der Waals surface area contributed by atoms with Crippen molar-refractivity contribution in [1.82, 2.24) is 9.80 Å². The number of likely N-dealkylation sites (tertiary alicyclic amines) is 1. The summed E-state index contributed by atoms with van der Waals surface area (Å²) in [4.78, 5) is 29.1. The highest BCUT2D eigenvalue weighted by molar-refractivity contribution is 7.90. The molecule has 1 aliphatic rings. The molecule has 4 aromatic carbocycles. The first-order valence-corrected chi connectivity index (χ1v) is 16.5. The van der Waals surface area contributed by atoms with E-state index in [1.807, 2.05) is 43.0 Å². The molecule has 0 aromatic heterocycles. The Morgan fingerprint density at radius 3 is 2.42 bits per heavy atom. The van der Waals surface area contributed by atoms with Crippen LogP contribution >= 0.6 is 0 Å². The van der Waals surface area contributed by atoms with E-state index in [-0.39, 0.29) is 34.3 Å². The van der Waals surface area contributed by atoms with Gasteiger partial charge in [-0.1, -0.05) is 48.0 Å². The Bertz CT molecular complexity index is 1850. The Balaban J connectivity index is 1.32. The largest absolute Gasteiger partial charge is 0.495 e. The van der Waals surface area contributed by atoms with Crippen molar-refractivity contribution in [3.05, 3.63) is 113 Å². The normalized spacial score (nSPS) is 14.7. The van der Waals surface area contributed by atoms with E-state index in [0.717, 1.165) is 16.7 Å². The van der Waals surface area contributed by atoms with E-state index in [0.29, 0.717) is 47.5 Å². The lowest BCUT2D eigenvalue weighted by molar-refractivity contribution is 0.0770. The predicted molar refractivity (Wildman–Crippen MR) is 175 cm³/mol. The van der Waals surface area contributed by atoms with Gasteiger partial charge in [-0.2, -0.15) is 0 Å². The first-order chi connectivity index (χ1) is 21.4. The third-order valence-corrected chi connectivity index (χ3v) is 9.66. The lowest BCUT2D eigenvalue weighted by Gasteiger charge is -2.19. The molecule has 0 N–H and O–H groups in total. The van der Waals surface area contributed by atoms with Crippen molar-refractivity contribution in [3.8, 4) is 22.6 Å². The summed E-state index contributed by atoms with van der Waals surface area (Å²) in [6.07, 6.45) is 0.489. The van der Waals surface area contributed by atoms with Crippen molar-refractivity contribution in [3.63, 3.8) is 0 Å². The number of hydrogen-bond donors (Lipinski definition) is 0. The van der Waals surface area contributed by atoms with Crippen LogP contribution in [0.15, 0.2) is 89.8 Å². The summed E-state index contributed by atoms with van der Waals surface area (Å²) in [5, 5.41) is 0. The predicted octanol–water partition coefficient (Wildman–Crippen LogP) is 5.95. The molecule has 4 aromatic rings. The van der Waals surface area contributed by atoms with Gasteiger partial charge in [0, 0.05) is 38.2 Å². The number of nitrogens with zero attached hydrogens (tertiary/aromatic N) is 2. The van der Waals surface area contributed by atoms with Crippen LogP contribution in [-0.2, 0) is 15.6 Å². The molecule has 0 aliphatic carbocycles. The number of carbonyl (C=O) groups excluding carboxylic acids is 2. The summed E-state index contributed by atoms with van der Waals surface area (Å²) in [7, 11) is 0.971. The number of rotatable bonds is 9. The Kier molecular flexibility index (Phi) is 9.29. The Hall–Kier alpha value is -4.63. The van der Waals surface area contributed by atoms with Crippen molar-refractivity contribution < 1.29 is 27.5 Å². The van der Waals surface area contributed by atoms with Gasteiger partial charge in [-0.25, -0.2) is 8.42 Å². The Labute approximate surface area is 265 Å². The zero-order valence-electron chi connectivity index (χ0n) is 26.2. The monoisotopic (exact) mass is 626 g/mol. The van der Waals surface area contributed by atoms with Crippen LogP contribution in [0.1, 0.15) is 43.8 Å². The molecule has 8 nitrogen and oxygen atoms in total. The molecule has 0 saturated carbocycles. The van der Waals surface area contributed by atoms with Crippen LogP contribution in [0.25, 0.3) is 11.1 Å². The molecule has 0 spiro atoms. The molecule has 45 heavy (non-hydrogen) atoms. The van der Waals surface area contributed by atoms with Gasteiger partial charge in [0.1, 0.15) is 22.5 Å². The quantitative estimate of drug-likeness (QED) is 0.228. The fraction of sp³-hybridized carbons (Fsp3) is 0.278.